The standard InChI is InChI=1S/C13H13N5O/c1-10(18-9-15-8-17-18)13(19)16-7-12-4-2-3-11(5-12)6-14/h2-5,8-10H,7H2,1H3,(H,16,19). The fraction of sp³-hybridized carbons (Fsp3) is 0.231. The summed E-state index contributed by atoms with van der Waals surface area (Å²) in [5, 5.41) is 15.5. The number of carbonyl (C=O) groups excluding carboxylic acids is 1. The molecule has 6 heteroatoms. The highest BCUT2D eigenvalue weighted by Crippen LogP contribution is 2.06. The number of amides is 1. The molecule has 0 aliphatic heterocycles. The maximum absolute atomic E-state index is 11.9. The molecule has 0 fully saturated rings. The molecule has 0 saturated heterocycles. The van der Waals surface area contributed by atoms with Gasteiger partial charge < -0.3 is 5.32 Å². The Kier molecular flexibility index (Phi) is 3.88. The normalized spacial score (nSPS) is 11.6. The van der Waals surface area contributed by atoms with Gasteiger partial charge in [0.05, 0.1) is 11.6 Å². The van der Waals surface area contributed by atoms with E-state index in [2.05, 4.69) is 21.5 Å². The van der Waals surface area contributed by atoms with E-state index in [0.29, 0.717) is 12.1 Å². The molecule has 1 atom stereocenters. The van der Waals surface area contributed by atoms with Gasteiger partial charge >= 0.3 is 0 Å². The third kappa shape index (κ3) is 3.16. The molecule has 1 aromatic heterocycles. The van der Waals surface area contributed by atoms with Crippen LogP contribution in [0.15, 0.2) is 36.9 Å². The van der Waals surface area contributed by atoms with Crippen LogP contribution in [-0.4, -0.2) is 20.7 Å². The van der Waals surface area contributed by atoms with E-state index in [0.717, 1.165) is 5.56 Å². The van der Waals surface area contributed by atoms with Crippen LogP contribution in [0.4, 0.5) is 0 Å². The van der Waals surface area contributed by atoms with Crippen LogP contribution in [0.1, 0.15) is 24.1 Å². The number of hydrogen-bond donors (Lipinski definition) is 1. The first-order valence-corrected chi connectivity index (χ1v) is 5.81. The summed E-state index contributed by atoms with van der Waals surface area (Å²) in [6.07, 6.45) is 2.89. The van der Waals surface area contributed by atoms with Crippen molar-refractivity contribution in [2.45, 2.75) is 19.5 Å². The van der Waals surface area contributed by atoms with Crippen molar-refractivity contribution < 1.29 is 4.79 Å². The maximum Gasteiger partial charge on any atom is 0.244 e. The van der Waals surface area contributed by atoms with Crippen LogP contribution in [-0.2, 0) is 11.3 Å². The highest BCUT2D eigenvalue weighted by molar-refractivity contribution is 5.79. The van der Waals surface area contributed by atoms with Gasteiger partial charge in [0.15, 0.2) is 0 Å². The van der Waals surface area contributed by atoms with Crippen LogP contribution in [0.2, 0.25) is 0 Å². The largest absolute Gasteiger partial charge is 0.350 e. The summed E-state index contributed by atoms with van der Waals surface area (Å²) in [7, 11) is 0. The van der Waals surface area contributed by atoms with Crippen LogP contribution in [0, 0.1) is 11.3 Å². The summed E-state index contributed by atoms with van der Waals surface area (Å²) in [4.78, 5) is 15.7. The zero-order valence-corrected chi connectivity index (χ0v) is 10.4. The smallest absolute Gasteiger partial charge is 0.244 e. The molecule has 0 spiro atoms. The van der Waals surface area contributed by atoms with Crippen molar-refractivity contribution in [3.05, 3.63) is 48.0 Å². The van der Waals surface area contributed by atoms with Gasteiger partial charge in [0.2, 0.25) is 5.91 Å². The molecule has 1 amide bonds. The summed E-state index contributed by atoms with van der Waals surface area (Å²) < 4.78 is 1.49. The Morgan fingerprint density at radius 2 is 2.42 bits per heavy atom. The molecule has 0 saturated carbocycles. The fourth-order valence-corrected chi connectivity index (χ4v) is 1.63. The molecule has 96 valence electrons. The molecule has 0 bridgehead atoms. The molecular weight excluding hydrogens is 242 g/mol. The summed E-state index contributed by atoms with van der Waals surface area (Å²) in [5.74, 6) is -0.145. The average Bonchev–Trinajstić information content (AvgIpc) is 2.98. The molecule has 0 aliphatic carbocycles. The number of nitrogens with zero attached hydrogens (tertiary/aromatic N) is 4. The van der Waals surface area contributed by atoms with Crippen molar-refractivity contribution in [1.82, 2.24) is 20.1 Å². The lowest BCUT2D eigenvalue weighted by Crippen LogP contribution is -2.30. The molecule has 0 aliphatic rings. The number of hydrogen-bond acceptors (Lipinski definition) is 4. The Labute approximate surface area is 110 Å². The van der Waals surface area contributed by atoms with E-state index in [9.17, 15) is 4.79 Å². The van der Waals surface area contributed by atoms with Crippen molar-refractivity contribution in [3.8, 4) is 6.07 Å². The van der Waals surface area contributed by atoms with E-state index in [1.807, 2.05) is 6.07 Å². The predicted octanol–water partition coefficient (Wildman–Crippen LogP) is 1.03. The minimum atomic E-state index is -0.415. The monoisotopic (exact) mass is 255 g/mol. The van der Waals surface area contributed by atoms with Crippen molar-refractivity contribution in [2.24, 2.45) is 0 Å². The van der Waals surface area contributed by atoms with Gasteiger partial charge in [-0.2, -0.15) is 10.4 Å². The highest BCUT2D eigenvalue weighted by atomic mass is 16.2. The number of nitriles is 1. The van der Waals surface area contributed by atoms with Crippen molar-refractivity contribution in [1.29, 1.82) is 5.26 Å². The van der Waals surface area contributed by atoms with Gasteiger partial charge in [0.25, 0.3) is 0 Å². The topological polar surface area (TPSA) is 83.6 Å². The Hall–Kier alpha value is -2.68. The van der Waals surface area contributed by atoms with Gasteiger partial charge in [-0.05, 0) is 24.6 Å². The van der Waals surface area contributed by atoms with Crippen LogP contribution in [0.3, 0.4) is 0 Å². The summed E-state index contributed by atoms with van der Waals surface area (Å²) in [5.41, 5.74) is 1.47. The summed E-state index contributed by atoms with van der Waals surface area (Å²) >= 11 is 0. The van der Waals surface area contributed by atoms with Crippen LogP contribution in [0.25, 0.3) is 0 Å². The fourth-order valence-electron chi connectivity index (χ4n) is 1.63. The number of carbonyl (C=O) groups is 1. The lowest BCUT2D eigenvalue weighted by molar-refractivity contribution is -0.124. The van der Waals surface area contributed by atoms with Crippen molar-refractivity contribution in [3.63, 3.8) is 0 Å². The van der Waals surface area contributed by atoms with Crippen LogP contribution in [0.5, 0.6) is 0 Å². The second-order valence-electron chi connectivity index (χ2n) is 4.08. The van der Waals surface area contributed by atoms with Crippen molar-refractivity contribution in [2.75, 3.05) is 0 Å². The van der Waals surface area contributed by atoms with Gasteiger partial charge in [-0.3, -0.25) is 4.79 Å². The van der Waals surface area contributed by atoms with Crippen LogP contribution >= 0.6 is 0 Å². The molecule has 1 heterocycles. The average molecular weight is 255 g/mol. The lowest BCUT2D eigenvalue weighted by Gasteiger charge is -2.12. The van der Waals surface area contributed by atoms with E-state index >= 15 is 0 Å². The van der Waals surface area contributed by atoms with Gasteiger partial charge in [-0.1, -0.05) is 12.1 Å². The van der Waals surface area contributed by atoms with E-state index in [4.69, 9.17) is 5.26 Å². The molecule has 0 radical (unpaired) electrons. The molecular formula is C13H13N5O. The summed E-state index contributed by atoms with van der Waals surface area (Å²) in [6, 6.07) is 8.78. The zero-order valence-electron chi connectivity index (χ0n) is 10.4. The first-order chi connectivity index (χ1) is 9.20. The molecule has 1 aromatic carbocycles. The maximum atomic E-state index is 11.9. The first kappa shape index (κ1) is 12.8. The van der Waals surface area contributed by atoms with Gasteiger partial charge in [-0.25, -0.2) is 9.67 Å². The SMILES string of the molecule is CC(C(=O)NCc1cccc(C#N)c1)n1cncn1. The molecule has 2 aromatic rings. The van der Waals surface area contributed by atoms with Gasteiger partial charge in [-0.15, -0.1) is 0 Å². The third-order valence-electron chi connectivity index (χ3n) is 2.74. The van der Waals surface area contributed by atoms with Crippen molar-refractivity contribution >= 4 is 5.91 Å². The van der Waals surface area contributed by atoms with E-state index in [1.165, 1.54) is 17.3 Å². The number of aromatic nitrogens is 3. The first-order valence-electron chi connectivity index (χ1n) is 5.81. The Morgan fingerprint density at radius 3 is 3.11 bits per heavy atom. The molecule has 2 rings (SSSR count). The predicted molar refractivity (Wildman–Crippen MR) is 67.7 cm³/mol. The molecule has 1 N–H and O–H groups in total. The third-order valence-corrected chi connectivity index (χ3v) is 2.74. The molecule has 19 heavy (non-hydrogen) atoms. The zero-order chi connectivity index (χ0) is 13.7. The number of nitrogens with one attached hydrogen (secondary N) is 1. The van der Waals surface area contributed by atoms with E-state index in [1.54, 1.807) is 25.1 Å². The summed E-state index contributed by atoms with van der Waals surface area (Å²) in [6.45, 7) is 2.13. The number of rotatable bonds is 4. The lowest BCUT2D eigenvalue weighted by atomic mass is 10.1. The Bertz CT molecular complexity index is 600. The van der Waals surface area contributed by atoms with E-state index < -0.39 is 6.04 Å². The van der Waals surface area contributed by atoms with Gasteiger partial charge in [0, 0.05) is 6.54 Å². The number of benzene rings is 1. The minimum absolute atomic E-state index is 0.145. The van der Waals surface area contributed by atoms with Crippen LogP contribution < -0.4 is 5.32 Å². The quantitative estimate of drug-likeness (QED) is 0.884. The van der Waals surface area contributed by atoms with E-state index in [-0.39, 0.29) is 5.91 Å². The Balaban J connectivity index is 1.95. The highest BCUT2D eigenvalue weighted by Gasteiger charge is 2.14. The molecule has 6 nitrogen and oxygen atoms in total. The van der Waals surface area contributed by atoms with Gasteiger partial charge in [0.1, 0.15) is 18.7 Å². The second kappa shape index (κ2) is 5.78. The minimum Gasteiger partial charge on any atom is -0.350 e. The molecule has 1 unspecified atom stereocenters. The Morgan fingerprint density at radius 1 is 1.58 bits per heavy atom. The second-order valence-corrected chi connectivity index (χ2v) is 4.08.